The molecule has 1 saturated heterocycles. The maximum Gasteiger partial charge on any atom is 0.225 e. The molecule has 110 valence electrons. The maximum atomic E-state index is 13.0. The minimum absolute atomic E-state index is 0.0405. The highest BCUT2D eigenvalue weighted by molar-refractivity contribution is 5.79. The van der Waals surface area contributed by atoms with Crippen molar-refractivity contribution >= 4 is 5.91 Å². The first kappa shape index (κ1) is 15.0. The number of ether oxygens (including phenoxy) is 1. The van der Waals surface area contributed by atoms with Gasteiger partial charge in [0.25, 0.3) is 0 Å². The summed E-state index contributed by atoms with van der Waals surface area (Å²) in [5, 5.41) is 0. The van der Waals surface area contributed by atoms with Crippen LogP contribution in [0.1, 0.15) is 39.4 Å². The van der Waals surface area contributed by atoms with Crippen molar-refractivity contribution < 1.29 is 13.9 Å². The number of hydrogen-bond donors (Lipinski definition) is 0. The van der Waals surface area contributed by atoms with Crippen LogP contribution in [0.5, 0.6) is 0 Å². The molecule has 1 aromatic carbocycles. The highest BCUT2D eigenvalue weighted by Gasteiger charge is 2.39. The van der Waals surface area contributed by atoms with Crippen LogP contribution < -0.4 is 0 Å². The molecule has 2 rings (SSSR count). The van der Waals surface area contributed by atoms with Crippen LogP contribution >= 0.6 is 0 Å². The molecular formula is C16H22FNO2. The van der Waals surface area contributed by atoms with E-state index in [1.807, 2.05) is 32.6 Å². The van der Waals surface area contributed by atoms with Gasteiger partial charge < -0.3 is 9.64 Å². The molecule has 1 aliphatic heterocycles. The summed E-state index contributed by atoms with van der Waals surface area (Å²) in [5.74, 6) is -0.174. The van der Waals surface area contributed by atoms with Crippen LogP contribution in [0.3, 0.4) is 0 Å². The Bertz CT molecular complexity index is 482. The van der Waals surface area contributed by atoms with Gasteiger partial charge in [0, 0.05) is 5.92 Å². The number of rotatable bonds is 2. The third-order valence-electron chi connectivity index (χ3n) is 3.72. The normalized spacial score (nSPS) is 22.1. The molecule has 1 aliphatic rings. The minimum atomic E-state index is -0.308. The molecule has 1 aromatic rings. The van der Waals surface area contributed by atoms with Crippen LogP contribution in [0.25, 0.3) is 0 Å². The molecule has 1 fully saturated rings. The predicted octanol–water partition coefficient (Wildman–Crippen LogP) is 3.16. The lowest BCUT2D eigenvalue weighted by Crippen LogP contribution is -2.57. The Kier molecular flexibility index (Phi) is 4.14. The SMILES string of the molecule is CC(C)C(=O)N1CC(c2ccc(F)cc2)OCC1(C)C. The molecule has 1 unspecified atom stereocenters. The number of hydrogen-bond acceptors (Lipinski definition) is 2. The second-order valence-electron chi connectivity index (χ2n) is 6.27. The van der Waals surface area contributed by atoms with E-state index in [0.29, 0.717) is 13.2 Å². The van der Waals surface area contributed by atoms with Gasteiger partial charge in [-0.2, -0.15) is 0 Å². The van der Waals surface area contributed by atoms with Crippen LogP contribution in [-0.4, -0.2) is 29.5 Å². The van der Waals surface area contributed by atoms with Crippen molar-refractivity contribution in [3.63, 3.8) is 0 Å². The number of amides is 1. The quantitative estimate of drug-likeness (QED) is 0.832. The summed E-state index contributed by atoms with van der Waals surface area (Å²) in [4.78, 5) is 14.2. The summed E-state index contributed by atoms with van der Waals surface area (Å²) >= 11 is 0. The summed E-state index contributed by atoms with van der Waals surface area (Å²) in [5.41, 5.74) is 0.598. The molecule has 0 bridgehead atoms. The molecule has 0 N–H and O–H groups in total. The molecule has 1 heterocycles. The van der Waals surface area contributed by atoms with Crippen molar-refractivity contribution in [1.82, 2.24) is 4.90 Å². The second-order valence-corrected chi connectivity index (χ2v) is 6.27. The zero-order valence-corrected chi connectivity index (χ0v) is 12.5. The number of carbonyl (C=O) groups excluding carboxylic acids is 1. The van der Waals surface area contributed by atoms with E-state index in [4.69, 9.17) is 4.74 Å². The third kappa shape index (κ3) is 3.01. The molecule has 0 aliphatic carbocycles. The van der Waals surface area contributed by atoms with Crippen LogP contribution in [0.2, 0.25) is 0 Å². The molecular weight excluding hydrogens is 257 g/mol. The molecule has 4 heteroatoms. The lowest BCUT2D eigenvalue weighted by molar-refractivity contribution is -0.158. The van der Waals surface area contributed by atoms with Crippen LogP contribution in [-0.2, 0) is 9.53 Å². The fourth-order valence-corrected chi connectivity index (χ4v) is 2.43. The van der Waals surface area contributed by atoms with Crippen molar-refractivity contribution in [3.05, 3.63) is 35.6 Å². The average molecular weight is 279 g/mol. The molecule has 1 atom stereocenters. The highest BCUT2D eigenvalue weighted by Crippen LogP contribution is 2.31. The number of morpholine rings is 1. The van der Waals surface area contributed by atoms with E-state index in [0.717, 1.165) is 5.56 Å². The smallest absolute Gasteiger partial charge is 0.225 e. The Morgan fingerprint density at radius 3 is 2.50 bits per heavy atom. The molecule has 0 radical (unpaired) electrons. The first-order valence-electron chi connectivity index (χ1n) is 7.00. The van der Waals surface area contributed by atoms with Crippen LogP contribution in [0, 0.1) is 11.7 Å². The van der Waals surface area contributed by atoms with Crippen molar-refractivity contribution in [3.8, 4) is 0 Å². The predicted molar refractivity (Wildman–Crippen MR) is 75.7 cm³/mol. The molecule has 3 nitrogen and oxygen atoms in total. The number of halogens is 1. The lowest BCUT2D eigenvalue weighted by Gasteiger charge is -2.46. The van der Waals surface area contributed by atoms with Crippen molar-refractivity contribution in [2.45, 2.75) is 39.3 Å². The van der Waals surface area contributed by atoms with Gasteiger partial charge in [-0.25, -0.2) is 4.39 Å². The number of carbonyl (C=O) groups is 1. The van der Waals surface area contributed by atoms with E-state index in [-0.39, 0.29) is 29.3 Å². The van der Waals surface area contributed by atoms with Gasteiger partial charge in [-0.1, -0.05) is 26.0 Å². The summed E-state index contributed by atoms with van der Waals surface area (Å²) in [6.45, 7) is 8.81. The van der Waals surface area contributed by atoms with Crippen molar-refractivity contribution in [1.29, 1.82) is 0 Å². The Hall–Kier alpha value is -1.42. The van der Waals surface area contributed by atoms with Gasteiger partial charge in [0.15, 0.2) is 0 Å². The van der Waals surface area contributed by atoms with Crippen molar-refractivity contribution in [2.75, 3.05) is 13.2 Å². The van der Waals surface area contributed by atoms with Gasteiger partial charge in [-0.3, -0.25) is 4.79 Å². The second kappa shape index (κ2) is 5.52. The molecule has 1 amide bonds. The number of nitrogens with zero attached hydrogens (tertiary/aromatic N) is 1. The van der Waals surface area contributed by atoms with Gasteiger partial charge in [0.1, 0.15) is 11.9 Å². The topological polar surface area (TPSA) is 29.5 Å². The summed E-state index contributed by atoms with van der Waals surface area (Å²) in [7, 11) is 0. The maximum absolute atomic E-state index is 13.0. The monoisotopic (exact) mass is 279 g/mol. The van der Waals surface area contributed by atoms with E-state index in [1.165, 1.54) is 12.1 Å². The number of benzene rings is 1. The van der Waals surface area contributed by atoms with Gasteiger partial charge in [0.2, 0.25) is 5.91 Å². The van der Waals surface area contributed by atoms with Gasteiger partial charge >= 0.3 is 0 Å². The Balaban J connectivity index is 2.20. The average Bonchev–Trinajstić information content (AvgIpc) is 2.39. The van der Waals surface area contributed by atoms with Crippen LogP contribution in [0.15, 0.2) is 24.3 Å². The van der Waals surface area contributed by atoms with E-state index < -0.39 is 0 Å². The highest BCUT2D eigenvalue weighted by atomic mass is 19.1. The first-order chi connectivity index (χ1) is 9.31. The van der Waals surface area contributed by atoms with Crippen LogP contribution in [0.4, 0.5) is 4.39 Å². The van der Waals surface area contributed by atoms with E-state index >= 15 is 0 Å². The van der Waals surface area contributed by atoms with E-state index in [1.54, 1.807) is 12.1 Å². The Morgan fingerprint density at radius 2 is 1.95 bits per heavy atom. The van der Waals surface area contributed by atoms with E-state index in [9.17, 15) is 9.18 Å². The Morgan fingerprint density at radius 1 is 1.35 bits per heavy atom. The summed E-state index contributed by atoms with van der Waals surface area (Å²) < 4.78 is 18.8. The largest absolute Gasteiger partial charge is 0.369 e. The Labute approximate surface area is 119 Å². The van der Waals surface area contributed by atoms with Gasteiger partial charge in [0.05, 0.1) is 18.7 Å². The standard InChI is InChI=1S/C16H22FNO2/c1-11(2)15(19)18-9-14(20-10-16(18,3)4)12-5-7-13(17)8-6-12/h5-8,11,14H,9-10H2,1-4H3. The lowest BCUT2D eigenvalue weighted by atomic mass is 9.96. The fraction of sp³-hybridized carbons (Fsp3) is 0.562. The molecule has 0 saturated carbocycles. The summed E-state index contributed by atoms with van der Waals surface area (Å²) in [6.07, 6.45) is -0.189. The molecule has 0 aromatic heterocycles. The zero-order chi connectivity index (χ0) is 14.9. The molecule has 20 heavy (non-hydrogen) atoms. The van der Waals surface area contributed by atoms with E-state index in [2.05, 4.69) is 0 Å². The zero-order valence-electron chi connectivity index (χ0n) is 12.5. The van der Waals surface area contributed by atoms with Gasteiger partial charge in [-0.05, 0) is 31.5 Å². The minimum Gasteiger partial charge on any atom is -0.369 e. The first-order valence-corrected chi connectivity index (χ1v) is 7.00. The van der Waals surface area contributed by atoms with Crippen molar-refractivity contribution in [2.24, 2.45) is 5.92 Å². The molecule has 0 spiro atoms. The fourth-order valence-electron chi connectivity index (χ4n) is 2.43. The van der Waals surface area contributed by atoms with Gasteiger partial charge in [-0.15, -0.1) is 0 Å². The third-order valence-corrected chi connectivity index (χ3v) is 3.72. The summed E-state index contributed by atoms with van der Waals surface area (Å²) in [6, 6.07) is 6.28.